The van der Waals surface area contributed by atoms with Crippen LogP contribution in [0, 0.1) is 0 Å². The number of para-hydroxylation sites is 1. The Bertz CT molecular complexity index is 683. The maximum atomic E-state index is 12.8. The van der Waals surface area contributed by atoms with Gasteiger partial charge in [-0.3, -0.25) is 0 Å². The van der Waals surface area contributed by atoms with Crippen LogP contribution in [0.5, 0.6) is 0 Å². The minimum Gasteiger partial charge on any atom is -0.478 e. The molecular weight excluding hydrogens is 295 g/mol. The lowest BCUT2D eigenvalue weighted by molar-refractivity contribution is -0.137. The fourth-order valence-corrected chi connectivity index (χ4v) is 2.23. The quantitative estimate of drug-likeness (QED) is 0.900. The Kier molecular flexibility index (Phi) is 4.40. The first kappa shape index (κ1) is 15.9. The van der Waals surface area contributed by atoms with Gasteiger partial charge in [-0.25, -0.2) is 4.79 Å². The number of benzene rings is 2. The number of carbonyl (C=O) groups is 1. The predicted octanol–water partition coefficient (Wildman–Crippen LogP) is 4.56. The van der Waals surface area contributed by atoms with Crippen LogP contribution in [-0.4, -0.2) is 17.6 Å². The van der Waals surface area contributed by atoms with Gasteiger partial charge >= 0.3 is 12.1 Å². The summed E-state index contributed by atoms with van der Waals surface area (Å²) in [6.07, 6.45) is -4.44. The lowest BCUT2D eigenvalue weighted by Crippen LogP contribution is -2.19. The summed E-state index contributed by atoms with van der Waals surface area (Å²) < 4.78 is 38.5. The molecule has 0 aromatic heterocycles. The Labute approximate surface area is 125 Å². The molecule has 0 spiro atoms. The van der Waals surface area contributed by atoms with Gasteiger partial charge in [-0.1, -0.05) is 18.2 Å². The van der Waals surface area contributed by atoms with Gasteiger partial charge in [-0.05, 0) is 37.3 Å². The molecule has 0 saturated heterocycles. The van der Waals surface area contributed by atoms with Crippen molar-refractivity contribution in [1.29, 1.82) is 0 Å². The standard InChI is InChI=1S/C16H14F3NO2/c1-2-20(14-9-4-3-8-13(14)15(21)22)12-7-5-6-11(10-12)16(17,18)19/h3-10H,2H2,1H3,(H,21,22). The SMILES string of the molecule is CCN(c1cccc(C(F)(F)F)c1)c1ccccc1C(=O)O. The zero-order valence-electron chi connectivity index (χ0n) is 11.8. The van der Waals surface area contributed by atoms with Gasteiger partial charge in [0.1, 0.15) is 0 Å². The molecule has 1 N–H and O–H groups in total. The average Bonchev–Trinajstić information content (AvgIpc) is 2.48. The van der Waals surface area contributed by atoms with E-state index in [0.29, 0.717) is 17.9 Å². The van der Waals surface area contributed by atoms with E-state index in [9.17, 15) is 23.1 Å². The third-order valence-corrected chi connectivity index (χ3v) is 3.23. The fraction of sp³-hybridized carbons (Fsp3) is 0.188. The smallest absolute Gasteiger partial charge is 0.416 e. The van der Waals surface area contributed by atoms with E-state index < -0.39 is 17.7 Å². The largest absolute Gasteiger partial charge is 0.478 e. The van der Waals surface area contributed by atoms with Crippen molar-refractivity contribution in [3.8, 4) is 0 Å². The first-order valence-electron chi connectivity index (χ1n) is 6.61. The number of anilines is 2. The van der Waals surface area contributed by atoms with E-state index in [-0.39, 0.29) is 5.56 Å². The zero-order valence-corrected chi connectivity index (χ0v) is 11.8. The molecule has 116 valence electrons. The molecule has 3 nitrogen and oxygen atoms in total. The van der Waals surface area contributed by atoms with E-state index in [1.165, 1.54) is 18.2 Å². The van der Waals surface area contributed by atoms with Crippen molar-refractivity contribution in [3.05, 3.63) is 59.7 Å². The van der Waals surface area contributed by atoms with Gasteiger partial charge < -0.3 is 10.0 Å². The van der Waals surface area contributed by atoms with Crippen molar-refractivity contribution in [2.24, 2.45) is 0 Å². The second kappa shape index (κ2) is 6.09. The van der Waals surface area contributed by atoms with Crippen molar-refractivity contribution in [3.63, 3.8) is 0 Å². The summed E-state index contributed by atoms with van der Waals surface area (Å²) >= 11 is 0. The van der Waals surface area contributed by atoms with E-state index in [1.807, 2.05) is 0 Å². The molecule has 0 atom stereocenters. The van der Waals surface area contributed by atoms with Gasteiger partial charge in [0.25, 0.3) is 0 Å². The predicted molar refractivity (Wildman–Crippen MR) is 77.5 cm³/mol. The Hall–Kier alpha value is -2.50. The van der Waals surface area contributed by atoms with E-state index in [0.717, 1.165) is 12.1 Å². The number of nitrogens with zero attached hydrogens (tertiary/aromatic N) is 1. The number of halogens is 3. The fourth-order valence-electron chi connectivity index (χ4n) is 2.23. The van der Waals surface area contributed by atoms with E-state index >= 15 is 0 Å². The lowest BCUT2D eigenvalue weighted by Gasteiger charge is -2.25. The minimum absolute atomic E-state index is 0.0433. The highest BCUT2D eigenvalue weighted by Crippen LogP contribution is 2.34. The van der Waals surface area contributed by atoms with Crippen LogP contribution in [0.1, 0.15) is 22.8 Å². The first-order chi connectivity index (χ1) is 10.3. The Morgan fingerprint density at radius 1 is 1.14 bits per heavy atom. The van der Waals surface area contributed by atoms with Crippen LogP contribution in [0.2, 0.25) is 0 Å². The topological polar surface area (TPSA) is 40.5 Å². The Balaban J connectivity index is 2.52. The molecule has 0 saturated carbocycles. The summed E-state index contributed by atoms with van der Waals surface area (Å²) in [6.45, 7) is 2.09. The van der Waals surface area contributed by atoms with Crippen LogP contribution in [0.15, 0.2) is 48.5 Å². The van der Waals surface area contributed by atoms with Gasteiger partial charge in [0.15, 0.2) is 0 Å². The summed E-state index contributed by atoms with van der Waals surface area (Å²) in [7, 11) is 0. The Morgan fingerprint density at radius 3 is 2.41 bits per heavy atom. The van der Waals surface area contributed by atoms with Crippen LogP contribution < -0.4 is 4.90 Å². The number of carboxylic acids is 1. The van der Waals surface area contributed by atoms with Crippen molar-refractivity contribution in [2.75, 3.05) is 11.4 Å². The second-order valence-electron chi connectivity index (χ2n) is 4.61. The summed E-state index contributed by atoms with van der Waals surface area (Å²) in [5.74, 6) is -1.12. The highest BCUT2D eigenvalue weighted by atomic mass is 19.4. The monoisotopic (exact) mass is 309 g/mol. The number of rotatable bonds is 4. The maximum Gasteiger partial charge on any atom is 0.416 e. The average molecular weight is 309 g/mol. The number of aromatic carboxylic acids is 1. The first-order valence-corrected chi connectivity index (χ1v) is 6.61. The summed E-state index contributed by atoms with van der Waals surface area (Å²) in [5.41, 5.74) is -0.0686. The molecule has 0 radical (unpaired) electrons. The molecule has 0 amide bonds. The second-order valence-corrected chi connectivity index (χ2v) is 4.61. The van der Waals surface area contributed by atoms with Gasteiger partial charge in [0.05, 0.1) is 16.8 Å². The highest BCUT2D eigenvalue weighted by molar-refractivity contribution is 5.95. The Morgan fingerprint density at radius 2 is 1.82 bits per heavy atom. The van der Waals surface area contributed by atoms with Crippen molar-refractivity contribution >= 4 is 17.3 Å². The molecule has 0 unspecified atom stereocenters. The minimum atomic E-state index is -4.44. The van der Waals surface area contributed by atoms with Crippen LogP contribution in [0.3, 0.4) is 0 Å². The van der Waals surface area contributed by atoms with Crippen molar-refractivity contribution in [2.45, 2.75) is 13.1 Å². The molecule has 2 aromatic carbocycles. The number of hydrogen-bond donors (Lipinski definition) is 1. The third-order valence-electron chi connectivity index (χ3n) is 3.23. The molecule has 6 heteroatoms. The molecule has 0 aliphatic carbocycles. The molecule has 22 heavy (non-hydrogen) atoms. The number of hydrogen-bond acceptors (Lipinski definition) is 2. The lowest BCUT2D eigenvalue weighted by atomic mass is 10.1. The summed E-state index contributed by atoms with van der Waals surface area (Å²) in [6, 6.07) is 11.1. The molecule has 2 aromatic rings. The molecule has 0 fully saturated rings. The van der Waals surface area contributed by atoms with Gasteiger partial charge in [-0.15, -0.1) is 0 Å². The van der Waals surface area contributed by atoms with Gasteiger partial charge in [0, 0.05) is 12.2 Å². The van der Waals surface area contributed by atoms with Crippen molar-refractivity contribution in [1.82, 2.24) is 0 Å². The maximum absolute atomic E-state index is 12.8. The van der Waals surface area contributed by atoms with Gasteiger partial charge in [-0.2, -0.15) is 13.2 Å². The molecule has 0 heterocycles. The number of carboxylic acid groups (broad SMARTS) is 1. The highest BCUT2D eigenvalue weighted by Gasteiger charge is 2.31. The zero-order chi connectivity index (χ0) is 16.3. The van der Waals surface area contributed by atoms with Gasteiger partial charge in [0.2, 0.25) is 0 Å². The number of alkyl halides is 3. The van der Waals surface area contributed by atoms with Crippen LogP contribution in [-0.2, 0) is 6.18 Å². The molecular formula is C16H14F3NO2. The summed E-state index contributed by atoms with van der Waals surface area (Å²) in [5, 5.41) is 9.23. The normalized spacial score (nSPS) is 11.3. The molecule has 2 rings (SSSR count). The molecule has 0 aliphatic rings. The van der Waals surface area contributed by atoms with Crippen LogP contribution in [0.25, 0.3) is 0 Å². The summed E-state index contributed by atoms with van der Waals surface area (Å²) in [4.78, 5) is 12.8. The molecule has 0 bridgehead atoms. The van der Waals surface area contributed by atoms with E-state index in [4.69, 9.17) is 0 Å². The van der Waals surface area contributed by atoms with Crippen LogP contribution in [0.4, 0.5) is 24.5 Å². The van der Waals surface area contributed by atoms with Crippen molar-refractivity contribution < 1.29 is 23.1 Å². The van der Waals surface area contributed by atoms with Crippen LogP contribution >= 0.6 is 0 Å². The van der Waals surface area contributed by atoms with E-state index in [2.05, 4.69) is 0 Å². The van der Waals surface area contributed by atoms with E-state index in [1.54, 1.807) is 30.0 Å². The molecule has 0 aliphatic heterocycles. The third kappa shape index (κ3) is 3.21.